The number of hydrogen-bond acceptors (Lipinski definition) is 3. The van der Waals surface area contributed by atoms with Crippen LogP contribution in [0, 0.1) is 0 Å². The van der Waals surface area contributed by atoms with E-state index >= 15 is 0 Å². The number of benzene rings is 1. The molecule has 0 unspecified atom stereocenters. The molecule has 0 saturated heterocycles. The van der Waals surface area contributed by atoms with Crippen molar-refractivity contribution in [3.8, 4) is 0 Å². The molecule has 0 atom stereocenters. The van der Waals surface area contributed by atoms with E-state index in [9.17, 15) is 0 Å². The average molecular weight is 241 g/mol. The number of pyridine rings is 1. The van der Waals surface area contributed by atoms with E-state index in [1.54, 1.807) is 6.20 Å². The lowest BCUT2D eigenvalue weighted by atomic mass is 10.1. The van der Waals surface area contributed by atoms with Gasteiger partial charge in [-0.2, -0.15) is 0 Å². The monoisotopic (exact) mass is 241 g/mol. The number of nitrogens with two attached hydrogens (primary N) is 1. The third-order valence-corrected chi connectivity index (χ3v) is 3.00. The lowest BCUT2D eigenvalue weighted by molar-refractivity contribution is 0.331. The van der Waals surface area contributed by atoms with E-state index in [0.29, 0.717) is 0 Å². The van der Waals surface area contributed by atoms with Gasteiger partial charge in [-0.15, -0.1) is 0 Å². The number of hydrogen-bond donors (Lipinski definition) is 1. The smallest absolute Gasteiger partial charge is 0.0359 e. The first kappa shape index (κ1) is 12.6. The van der Waals surface area contributed by atoms with Gasteiger partial charge in [0.05, 0.1) is 0 Å². The van der Waals surface area contributed by atoms with Crippen molar-refractivity contribution >= 4 is 5.69 Å². The second kappa shape index (κ2) is 6.17. The van der Waals surface area contributed by atoms with Gasteiger partial charge in [-0.3, -0.25) is 4.98 Å². The van der Waals surface area contributed by atoms with Gasteiger partial charge in [-0.25, -0.2) is 0 Å². The molecule has 0 amide bonds. The van der Waals surface area contributed by atoms with E-state index in [2.05, 4.69) is 29.1 Å². The molecule has 0 aliphatic rings. The normalized spacial score (nSPS) is 10.8. The van der Waals surface area contributed by atoms with Crippen molar-refractivity contribution in [3.05, 3.63) is 59.9 Å². The Kier molecular flexibility index (Phi) is 4.31. The molecule has 0 bridgehead atoms. The van der Waals surface area contributed by atoms with Crippen LogP contribution in [0.5, 0.6) is 0 Å². The Bertz CT molecular complexity index is 482. The highest BCUT2D eigenvalue weighted by Gasteiger charge is 2.03. The molecule has 18 heavy (non-hydrogen) atoms. The van der Waals surface area contributed by atoms with E-state index in [1.165, 1.54) is 11.1 Å². The van der Waals surface area contributed by atoms with Gasteiger partial charge in [0, 0.05) is 31.2 Å². The van der Waals surface area contributed by atoms with Crippen molar-refractivity contribution < 1.29 is 0 Å². The van der Waals surface area contributed by atoms with Crippen molar-refractivity contribution in [2.45, 2.75) is 13.0 Å². The van der Waals surface area contributed by atoms with E-state index in [4.69, 9.17) is 5.73 Å². The average Bonchev–Trinajstić information content (AvgIpc) is 2.40. The summed E-state index contributed by atoms with van der Waals surface area (Å²) in [4.78, 5) is 6.40. The standard InChI is InChI=1S/C15H19N3/c1-18(10-8-13-5-4-9-17-11-13)12-14-6-2-3-7-15(14)16/h2-7,9,11H,8,10,12,16H2,1H3. The van der Waals surface area contributed by atoms with Crippen LogP contribution >= 0.6 is 0 Å². The maximum absolute atomic E-state index is 5.94. The van der Waals surface area contributed by atoms with Crippen LogP contribution < -0.4 is 5.73 Å². The molecule has 3 heteroatoms. The molecule has 0 radical (unpaired) electrons. The van der Waals surface area contributed by atoms with E-state index < -0.39 is 0 Å². The summed E-state index contributed by atoms with van der Waals surface area (Å²) < 4.78 is 0. The first-order valence-electron chi connectivity index (χ1n) is 6.16. The quantitative estimate of drug-likeness (QED) is 0.817. The van der Waals surface area contributed by atoms with Crippen LogP contribution in [0.4, 0.5) is 5.69 Å². The highest BCUT2D eigenvalue weighted by Crippen LogP contribution is 2.12. The Balaban J connectivity index is 1.86. The molecule has 2 N–H and O–H groups in total. The van der Waals surface area contributed by atoms with Gasteiger partial charge in [0.25, 0.3) is 0 Å². The second-order valence-electron chi connectivity index (χ2n) is 4.55. The minimum atomic E-state index is 0.866. The summed E-state index contributed by atoms with van der Waals surface area (Å²) in [7, 11) is 2.11. The fourth-order valence-electron chi connectivity index (χ4n) is 1.91. The maximum Gasteiger partial charge on any atom is 0.0359 e. The zero-order valence-electron chi connectivity index (χ0n) is 10.7. The minimum Gasteiger partial charge on any atom is -0.398 e. The summed E-state index contributed by atoms with van der Waals surface area (Å²) in [5.41, 5.74) is 9.26. The van der Waals surface area contributed by atoms with Gasteiger partial charge < -0.3 is 10.6 Å². The number of nitrogens with zero attached hydrogens (tertiary/aromatic N) is 2. The molecule has 0 fully saturated rings. The SMILES string of the molecule is CN(CCc1cccnc1)Cc1ccccc1N. The van der Waals surface area contributed by atoms with Crippen LogP contribution in [0.1, 0.15) is 11.1 Å². The van der Waals surface area contributed by atoms with E-state index in [1.807, 2.05) is 30.5 Å². The molecular formula is C15H19N3. The van der Waals surface area contributed by atoms with Crippen molar-refractivity contribution in [2.24, 2.45) is 0 Å². The summed E-state index contributed by atoms with van der Waals surface area (Å²) in [6.07, 6.45) is 4.74. The van der Waals surface area contributed by atoms with Crippen LogP contribution in [-0.4, -0.2) is 23.5 Å². The fraction of sp³-hybridized carbons (Fsp3) is 0.267. The number of nitrogen functional groups attached to an aromatic ring is 1. The molecule has 94 valence electrons. The lowest BCUT2D eigenvalue weighted by Crippen LogP contribution is -2.21. The summed E-state index contributed by atoms with van der Waals surface area (Å²) in [6.45, 7) is 1.88. The summed E-state index contributed by atoms with van der Waals surface area (Å²) in [5, 5.41) is 0. The zero-order valence-corrected chi connectivity index (χ0v) is 10.7. The van der Waals surface area contributed by atoms with Gasteiger partial charge in [0.2, 0.25) is 0 Å². The van der Waals surface area contributed by atoms with E-state index in [-0.39, 0.29) is 0 Å². The Labute approximate surface area is 108 Å². The van der Waals surface area contributed by atoms with Crippen molar-refractivity contribution in [3.63, 3.8) is 0 Å². The first-order valence-corrected chi connectivity index (χ1v) is 6.16. The van der Waals surface area contributed by atoms with Crippen LogP contribution in [-0.2, 0) is 13.0 Å². The Hall–Kier alpha value is -1.87. The van der Waals surface area contributed by atoms with Crippen LogP contribution in [0.15, 0.2) is 48.8 Å². The van der Waals surface area contributed by atoms with Gasteiger partial charge in [0.1, 0.15) is 0 Å². The second-order valence-corrected chi connectivity index (χ2v) is 4.55. The molecular weight excluding hydrogens is 222 g/mol. The summed E-state index contributed by atoms with van der Waals surface area (Å²) in [6, 6.07) is 12.1. The van der Waals surface area contributed by atoms with Crippen LogP contribution in [0.25, 0.3) is 0 Å². The predicted octanol–water partition coefficient (Wildman–Crippen LogP) is 2.34. The maximum atomic E-state index is 5.94. The zero-order chi connectivity index (χ0) is 12.8. The highest BCUT2D eigenvalue weighted by molar-refractivity contribution is 5.46. The first-order chi connectivity index (χ1) is 8.75. The van der Waals surface area contributed by atoms with Gasteiger partial charge >= 0.3 is 0 Å². The number of likely N-dealkylation sites (N-methyl/N-ethyl adjacent to an activating group) is 1. The predicted molar refractivity (Wildman–Crippen MR) is 75.1 cm³/mol. The number of anilines is 1. The Morgan fingerprint density at radius 1 is 1.17 bits per heavy atom. The summed E-state index contributed by atoms with van der Waals surface area (Å²) >= 11 is 0. The molecule has 0 aliphatic carbocycles. The molecule has 0 saturated carbocycles. The molecule has 1 aromatic carbocycles. The third-order valence-electron chi connectivity index (χ3n) is 3.00. The Morgan fingerprint density at radius 2 is 2.00 bits per heavy atom. The Morgan fingerprint density at radius 3 is 2.72 bits per heavy atom. The van der Waals surface area contributed by atoms with Crippen molar-refractivity contribution in [1.29, 1.82) is 0 Å². The molecule has 2 rings (SSSR count). The molecule has 0 spiro atoms. The van der Waals surface area contributed by atoms with E-state index in [0.717, 1.165) is 25.2 Å². The largest absolute Gasteiger partial charge is 0.398 e. The van der Waals surface area contributed by atoms with Crippen LogP contribution in [0.2, 0.25) is 0 Å². The van der Waals surface area contributed by atoms with Crippen LogP contribution in [0.3, 0.4) is 0 Å². The number of aromatic nitrogens is 1. The summed E-state index contributed by atoms with van der Waals surface area (Å²) in [5.74, 6) is 0. The minimum absolute atomic E-state index is 0.866. The topological polar surface area (TPSA) is 42.2 Å². The molecule has 1 heterocycles. The molecule has 0 aliphatic heterocycles. The van der Waals surface area contributed by atoms with Crippen molar-refractivity contribution in [1.82, 2.24) is 9.88 Å². The molecule has 1 aromatic heterocycles. The number of para-hydroxylation sites is 1. The third kappa shape index (κ3) is 3.57. The van der Waals surface area contributed by atoms with Gasteiger partial charge in [-0.05, 0) is 36.7 Å². The molecule has 2 aromatic rings. The van der Waals surface area contributed by atoms with Gasteiger partial charge in [0.15, 0.2) is 0 Å². The lowest BCUT2D eigenvalue weighted by Gasteiger charge is -2.17. The van der Waals surface area contributed by atoms with Crippen molar-refractivity contribution in [2.75, 3.05) is 19.3 Å². The van der Waals surface area contributed by atoms with Gasteiger partial charge in [-0.1, -0.05) is 24.3 Å². The highest BCUT2D eigenvalue weighted by atomic mass is 15.1. The number of rotatable bonds is 5. The molecule has 3 nitrogen and oxygen atoms in total. The fourth-order valence-corrected chi connectivity index (χ4v) is 1.91.